The van der Waals surface area contributed by atoms with Crippen molar-refractivity contribution in [2.45, 2.75) is 12.8 Å². The Morgan fingerprint density at radius 3 is 3.29 bits per heavy atom. The lowest BCUT2D eigenvalue weighted by atomic mass is 10.4. The van der Waals surface area contributed by atoms with Crippen LogP contribution in [0.25, 0.3) is 0 Å². The van der Waals surface area contributed by atoms with E-state index in [0.29, 0.717) is 5.89 Å². The normalized spacial score (nSPS) is 16.4. The number of nitrogens with one attached hydrogen (secondary N) is 1. The summed E-state index contributed by atoms with van der Waals surface area (Å²) < 4.78 is 4.88. The molecule has 1 aromatic rings. The van der Waals surface area contributed by atoms with Crippen molar-refractivity contribution in [1.29, 1.82) is 0 Å². The Hall–Kier alpha value is -1.04. The summed E-state index contributed by atoms with van der Waals surface area (Å²) >= 11 is 1.77. The van der Waals surface area contributed by atoms with Crippen molar-refractivity contribution in [3.8, 4) is 0 Å². The lowest BCUT2D eigenvalue weighted by Gasteiger charge is -2.11. The van der Waals surface area contributed by atoms with Gasteiger partial charge in [0.15, 0.2) is 11.5 Å². The maximum absolute atomic E-state index is 4.88. The van der Waals surface area contributed by atoms with Crippen LogP contribution in [0.5, 0.6) is 0 Å². The van der Waals surface area contributed by atoms with Crippen molar-refractivity contribution in [2.75, 3.05) is 18.8 Å². The molecular formula is C8H12N4OS. The number of nitrogens with zero attached hydrogens (tertiary/aromatic N) is 3. The van der Waals surface area contributed by atoms with Crippen LogP contribution in [0.4, 0.5) is 0 Å². The van der Waals surface area contributed by atoms with Gasteiger partial charge < -0.3 is 9.84 Å². The molecular weight excluding hydrogens is 200 g/mol. The Bertz CT molecular complexity index is 298. The summed E-state index contributed by atoms with van der Waals surface area (Å²) in [7, 11) is 0. The molecule has 0 radical (unpaired) electrons. The summed E-state index contributed by atoms with van der Waals surface area (Å²) in [6.07, 6.45) is 3.35. The molecule has 0 bridgehead atoms. The average molecular weight is 212 g/mol. The third kappa shape index (κ3) is 2.73. The van der Waals surface area contributed by atoms with Gasteiger partial charge in [-0.3, -0.25) is 4.99 Å². The molecule has 76 valence electrons. The first-order valence-corrected chi connectivity index (χ1v) is 5.60. The zero-order valence-corrected chi connectivity index (χ0v) is 8.59. The first-order valence-electron chi connectivity index (χ1n) is 4.62. The average Bonchev–Trinajstić information content (AvgIpc) is 2.72. The van der Waals surface area contributed by atoms with Crippen LogP contribution in [-0.2, 0) is 6.42 Å². The Balaban J connectivity index is 1.70. The molecule has 2 heterocycles. The van der Waals surface area contributed by atoms with E-state index < -0.39 is 0 Å². The van der Waals surface area contributed by atoms with Gasteiger partial charge in [0, 0.05) is 25.3 Å². The van der Waals surface area contributed by atoms with E-state index in [1.807, 2.05) is 0 Å². The largest absolute Gasteiger partial charge is 0.364 e. The fourth-order valence-corrected chi connectivity index (χ4v) is 2.00. The maximum Gasteiger partial charge on any atom is 0.228 e. The number of hydrogen-bond acceptors (Lipinski definition) is 6. The molecule has 0 saturated carbocycles. The van der Waals surface area contributed by atoms with Gasteiger partial charge in [0.2, 0.25) is 5.89 Å². The van der Waals surface area contributed by atoms with Gasteiger partial charge in [0.25, 0.3) is 0 Å². The highest BCUT2D eigenvalue weighted by Crippen LogP contribution is 2.09. The van der Waals surface area contributed by atoms with Crippen LogP contribution < -0.4 is 5.32 Å². The van der Waals surface area contributed by atoms with Crippen LogP contribution in [0.3, 0.4) is 0 Å². The van der Waals surface area contributed by atoms with Crippen LogP contribution in [0, 0.1) is 0 Å². The van der Waals surface area contributed by atoms with Crippen molar-refractivity contribution >= 4 is 16.9 Å². The van der Waals surface area contributed by atoms with E-state index in [0.717, 1.165) is 30.4 Å². The first-order chi connectivity index (χ1) is 6.95. The van der Waals surface area contributed by atoms with Gasteiger partial charge in [-0.2, -0.15) is 4.98 Å². The van der Waals surface area contributed by atoms with Crippen LogP contribution >= 0.6 is 11.8 Å². The molecule has 0 amide bonds. The summed E-state index contributed by atoms with van der Waals surface area (Å²) in [6, 6.07) is 0. The molecule has 0 spiro atoms. The molecule has 1 aliphatic heterocycles. The number of rotatable bonds is 3. The van der Waals surface area contributed by atoms with Crippen LogP contribution in [0.1, 0.15) is 12.3 Å². The van der Waals surface area contributed by atoms with Crippen LogP contribution in [0.15, 0.2) is 15.8 Å². The van der Waals surface area contributed by atoms with Crippen molar-refractivity contribution in [2.24, 2.45) is 4.99 Å². The predicted octanol–water partition coefficient (Wildman–Crippen LogP) is 0.695. The standard InChI is InChI=1S/C8H12N4OS/c1-3-9-8(14-5-1)10-4-2-7-11-6-12-13-7/h6H,1-5H2,(H,9,10). The quantitative estimate of drug-likeness (QED) is 0.798. The molecule has 0 aromatic carbocycles. The fraction of sp³-hybridized carbons (Fsp3) is 0.625. The molecule has 5 nitrogen and oxygen atoms in total. The van der Waals surface area contributed by atoms with Gasteiger partial charge in [-0.05, 0) is 6.42 Å². The van der Waals surface area contributed by atoms with E-state index in [1.54, 1.807) is 11.8 Å². The van der Waals surface area contributed by atoms with Gasteiger partial charge >= 0.3 is 0 Å². The topological polar surface area (TPSA) is 63.3 Å². The molecule has 1 N–H and O–H groups in total. The predicted molar refractivity (Wildman–Crippen MR) is 55.4 cm³/mol. The van der Waals surface area contributed by atoms with Crippen molar-refractivity contribution in [3.63, 3.8) is 0 Å². The smallest absolute Gasteiger partial charge is 0.228 e. The molecule has 2 rings (SSSR count). The molecule has 0 aliphatic carbocycles. The molecule has 0 atom stereocenters. The third-order valence-corrected chi connectivity index (χ3v) is 2.86. The second-order valence-corrected chi connectivity index (χ2v) is 3.98. The molecule has 6 heteroatoms. The van der Waals surface area contributed by atoms with Gasteiger partial charge in [-0.25, -0.2) is 0 Å². The second-order valence-electron chi connectivity index (χ2n) is 2.90. The molecule has 0 saturated heterocycles. The summed E-state index contributed by atoms with van der Waals surface area (Å²) in [5.41, 5.74) is 0. The zero-order chi connectivity index (χ0) is 9.64. The Kier molecular flexibility index (Phi) is 3.39. The van der Waals surface area contributed by atoms with E-state index in [9.17, 15) is 0 Å². The Morgan fingerprint density at radius 1 is 1.57 bits per heavy atom. The van der Waals surface area contributed by atoms with Gasteiger partial charge in [-0.15, -0.1) is 0 Å². The second kappa shape index (κ2) is 4.99. The maximum atomic E-state index is 4.88. The molecule has 1 aromatic heterocycles. The molecule has 1 aliphatic rings. The van der Waals surface area contributed by atoms with E-state index >= 15 is 0 Å². The summed E-state index contributed by atoms with van der Waals surface area (Å²) in [6.45, 7) is 1.74. The number of aromatic nitrogens is 2. The third-order valence-electron chi connectivity index (χ3n) is 1.82. The van der Waals surface area contributed by atoms with Gasteiger partial charge in [0.05, 0.1) is 0 Å². The lowest BCUT2D eigenvalue weighted by Crippen LogP contribution is -2.25. The molecule has 14 heavy (non-hydrogen) atoms. The fourth-order valence-electron chi connectivity index (χ4n) is 1.15. The van der Waals surface area contributed by atoms with E-state index in [2.05, 4.69) is 20.4 Å². The highest BCUT2D eigenvalue weighted by atomic mass is 32.2. The minimum atomic E-state index is 0.666. The highest BCUT2D eigenvalue weighted by Gasteiger charge is 2.05. The number of thioether (sulfide) groups is 1. The van der Waals surface area contributed by atoms with E-state index in [-0.39, 0.29) is 0 Å². The SMILES string of the molecule is c1noc(CCNC2=NCCCS2)n1. The van der Waals surface area contributed by atoms with Gasteiger partial charge in [-0.1, -0.05) is 16.9 Å². The van der Waals surface area contributed by atoms with Crippen LogP contribution in [0.2, 0.25) is 0 Å². The number of hydrogen-bond donors (Lipinski definition) is 1. The Morgan fingerprint density at radius 2 is 2.57 bits per heavy atom. The summed E-state index contributed by atoms with van der Waals surface area (Å²) in [5, 5.41) is 7.82. The molecule has 0 fully saturated rings. The minimum absolute atomic E-state index is 0.666. The number of amidine groups is 1. The zero-order valence-electron chi connectivity index (χ0n) is 7.77. The Labute approximate surface area is 86.4 Å². The monoisotopic (exact) mass is 212 g/mol. The summed E-state index contributed by atoms with van der Waals surface area (Å²) in [4.78, 5) is 8.28. The highest BCUT2D eigenvalue weighted by molar-refractivity contribution is 8.13. The lowest BCUT2D eigenvalue weighted by molar-refractivity contribution is 0.377. The molecule has 0 unspecified atom stereocenters. The van der Waals surface area contributed by atoms with Crippen molar-refractivity contribution in [3.05, 3.63) is 12.2 Å². The first kappa shape index (κ1) is 9.51. The van der Waals surface area contributed by atoms with E-state index in [1.165, 1.54) is 12.7 Å². The van der Waals surface area contributed by atoms with E-state index in [4.69, 9.17) is 4.52 Å². The number of aliphatic imine (C=N–C) groups is 1. The minimum Gasteiger partial charge on any atom is -0.364 e. The van der Waals surface area contributed by atoms with Gasteiger partial charge in [0.1, 0.15) is 0 Å². The van der Waals surface area contributed by atoms with Crippen molar-refractivity contribution < 1.29 is 4.52 Å². The summed E-state index contributed by atoms with van der Waals surface area (Å²) in [5.74, 6) is 1.82. The van der Waals surface area contributed by atoms with Crippen molar-refractivity contribution in [1.82, 2.24) is 15.5 Å². The van der Waals surface area contributed by atoms with Crippen LogP contribution in [-0.4, -0.2) is 34.2 Å².